The van der Waals surface area contributed by atoms with Crippen molar-refractivity contribution in [2.45, 2.75) is 47.0 Å². The molecule has 0 heterocycles. The zero-order chi connectivity index (χ0) is 25.2. The van der Waals surface area contributed by atoms with Crippen LogP contribution in [0, 0.1) is 0 Å². The number of amides is 1. The molecule has 10 heteroatoms. The summed E-state index contributed by atoms with van der Waals surface area (Å²) in [4.78, 5) is 12.4. The second kappa shape index (κ2) is 13.2. The SMILES string of the molecule is CCNPN(CC)C(=O)Oc1ccc(C(C)(C)c2ccc(OP(=O)(NCC)NCC)cc2)cc1. The van der Waals surface area contributed by atoms with Gasteiger partial charge in [-0.15, -0.1) is 0 Å². The fraction of sp³-hybridized carbons (Fsp3) is 0.458. The zero-order valence-corrected chi connectivity index (χ0v) is 22.9. The van der Waals surface area contributed by atoms with Crippen LogP contribution in [-0.2, 0) is 9.98 Å². The zero-order valence-electron chi connectivity index (χ0n) is 21.0. The van der Waals surface area contributed by atoms with E-state index in [2.05, 4.69) is 29.1 Å². The van der Waals surface area contributed by atoms with Crippen LogP contribution in [0.4, 0.5) is 4.79 Å². The predicted octanol–water partition coefficient (Wildman–Crippen LogP) is 5.66. The van der Waals surface area contributed by atoms with Gasteiger partial charge in [0.15, 0.2) is 0 Å². The summed E-state index contributed by atoms with van der Waals surface area (Å²) in [7, 11) is -2.94. The van der Waals surface area contributed by atoms with Crippen LogP contribution < -0.4 is 24.5 Å². The van der Waals surface area contributed by atoms with Crippen molar-refractivity contribution in [1.29, 1.82) is 0 Å². The van der Waals surface area contributed by atoms with E-state index in [-0.39, 0.29) is 20.4 Å². The number of hydrogen-bond donors (Lipinski definition) is 3. The van der Waals surface area contributed by atoms with E-state index in [0.717, 1.165) is 17.7 Å². The number of carbonyl (C=O) groups is 1. The number of benzene rings is 2. The summed E-state index contributed by atoms with van der Waals surface area (Å²) in [6, 6.07) is 15.2. The van der Waals surface area contributed by atoms with Gasteiger partial charge in [0.2, 0.25) is 0 Å². The van der Waals surface area contributed by atoms with Crippen molar-refractivity contribution in [1.82, 2.24) is 19.9 Å². The number of rotatable bonds is 13. The van der Waals surface area contributed by atoms with Gasteiger partial charge in [-0.3, -0.25) is 9.76 Å². The van der Waals surface area contributed by atoms with E-state index in [1.165, 1.54) is 0 Å². The van der Waals surface area contributed by atoms with Crippen LogP contribution >= 0.6 is 16.6 Å². The Hall–Kier alpha value is -1.95. The first kappa shape index (κ1) is 28.3. The Morgan fingerprint density at radius 1 is 0.882 bits per heavy atom. The van der Waals surface area contributed by atoms with Crippen LogP contribution in [0.2, 0.25) is 0 Å². The summed E-state index contributed by atoms with van der Waals surface area (Å²) in [6.45, 7) is 14.4. The Morgan fingerprint density at radius 3 is 1.82 bits per heavy atom. The number of ether oxygens (including phenoxy) is 1. The molecule has 1 atom stereocenters. The Bertz CT molecular complexity index is 942. The minimum atomic E-state index is -3.14. The van der Waals surface area contributed by atoms with Gasteiger partial charge < -0.3 is 9.26 Å². The Labute approximate surface area is 205 Å². The molecule has 0 bridgehead atoms. The van der Waals surface area contributed by atoms with E-state index in [4.69, 9.17) is 9.26 Å². The highest BCUT2D eigenvalue weighted by Gasteiger charge is 2.25. The Morgan fingerprint density at radius 2 is 1.38 bits per heavy atom. The molecule has 2 aromatic rings. The van der Waals surface area contributed by atoms with Crippen LogP contribution in [0.1, 0.15) is 52.7 Å². The van der Waals surface area contributed by atoms with Crippen molar-refractivity contribution in [3.8, 4) is 11.5 Å². The third-order valence-electron chi connectivity index (χ3n) is 5.25. The van der Waals surface area contributed by atoms with Gasteiger partial charge in [0.25, 0.3) is 0 Å². The average molecular weight is 509 g/mol. The largest absolute Gasteiger partial charge is 0.422 e. The number of carbonyl (C=O) groups excluding carboxylic acids is 1. The molecule has 2 rings (SSSR count). The number of hydrogen-bond acceptors (Lipinski definition) is 5. The molecule has 0 aromatic heterocycles. The summed E-state index contributed by atoms with van der Waals surface area (Å²) in [6.07, 6.45) is -0.364. The van der Waals surface area contributed by atoms with Crippen LogP contribution in [0.5, 0.6) is 11.5 Å². The van der Waals surface area contributed by atoms with Crippen LogP contribution in [0.25, 0.3) is 0 Å². The van der Waals surface area contributed by atoms with Crippen molar-refractivity contribution in [3.05, 3.63) is 59.7 Å². The summed E-state index contributed by atoms with van der Waals surface area (Å²) >= 11 is 0. The van der Waals surface area contributed by atoms with E-state index in [9.17, 15) is 9.36 Å². The fourth-order valence-electron chi connectivity index (χ4n) is 3.31. The molecular formula is C24H38N4O4P2. The van der Waals surface area contributed by atoms with Crippen molar-refractivity contribution in [3.63, 3.8) is 0 Å². The van der Waals surface area contributed by atoms with E-state index >= 15 is 0 Å². The minimum absolute atomic E-state index is 0.193. The summed E-state index contributed by atoms with van der Waals surface area (Å²) < 4.78 is 25.7. The Kier molecular flexibility index (Phi) is 11.0. The summed E-state index contributed by atoms with van der Waals surface area (Å²) in [5, 5.41) is 8.96. The van der Waals surface area contributed by atoms with Crippen molar-refractivity contribution in [2.24, 2.45) is 0 Å². The molecular weight excluding hydrogens is 470 g/mol. The molecule has 8 nitrogen and oxygen atoms in total. The smallest absolute Gasteiger partial charge is 0.419 e. The van der Waals surface area contributed by atoms with E-state index in [0.29, 0.717) is 31.1 Å². The molecule has 0 saturated carbocycles. The van der Waals surface area contributed by atoms with Gasteiger partial charge in [0, 0.05) is 25.0 Å². The monoisotopic (exact) mass is 508 g/mol. The van der Waals surface area contributed by atoms with Gasteiger partial charge in [0.05, 0.1) is 8.88 Å². The third-order valence-corrected chi connectivity index (χ3v) is 8.46. The minimum Gasteiger partial charge on any atom is -0.422 e. The van der Waals surface area contributed by atoms with Gasteiger partial charge in [-0.05, 0) is 48.9 Å². The highest BCUT2D eigenvalue weighted by Crippen LogP contribution is 2.39. The normalized spacial score (nSPS) is 12.2. The maximum Gasteiger partial charge on any atom is 0.419 e. The van der Waals surface area contributed by atoms with E-state index < -0.39 is 7.67 Å². The lowest BCUT2D eigenvalue weighted by atomic mass is 9.78. The second-order valence-electron chi connectivity index (χ2n) is 8.09. The van der Waals surface area contributed by atoms with Crippen molar-refractivity contribution in [2.75, 3.05) is 26.2 Å². The van der Waals surface area contributed by atoms with Crippen molar-refractivity contribution >= 4 is 22.6 Å². The lowest BCUT2D eigenvalue weighted by Gasteiger charge is -2.27. The van der Waals surface area contributed by atoms with Crippen LogP contribution in [-0.4, -0.2) is 36.9 Å². The molecule has 3 N–H and O–H groups in total. The molecule has 0 spiro atoms. The molecule has 34 heavy (non-hydrogen) atoms. The highest BCUT2D eigenvalue weighted by molar-refractivity contribution is 7.55. The van der Waals surface area contributed by atoms with Gasteiger partial charge in [0.1, 0.15) is 11.5 Å². The van der Waals surface area contributed by atoms with Gasteiger partial charge in [-0.1, -0.05) is 58.9 Å². The fourth-order valence-corrected chi connectivity index (χ4v) is 5.44. The highest BCUT2D eigenvalue weighted by atomic mass is 31.2. The quantitative estimate of drug-likeness (QED) is 0.301. The lowest BCUT2D eigenvalue weighted by Crippen LogP contribution is -2.29. The standard InChI is InChI=1S/C24H38N4O4P2/c1-7-25-33-28(10-4)23(29)31-21-15-11-19(12-16-21)24(5,6)20-13-17-22(18-14-20)32-34(30,26-8-2)27-9-3/h11-18,25,33H,7-10H2,1-6H3,(H2,26,27,30). The third kappa shape index (κ3) is 7.79. The molecule has 0 radical (unpaired) electrons. The Balaban J connectivity index is 2.10. The topological polar surface area (TPSA) is 91.9 Å². The molecule has 188 valence electrons. The maximum atomic E-state index is 12.8. The van der Waals surface area contributed by atoms with Gasteiger partial charge in [-0.2, -0.15) is 0 Å². The first-order valence-electron chi connectivity index (χ1n) is 11.7. The van der Waals surface area contributed by atoms with E-state index in [1.807, 2.05) is 76.2 Å². The average Bonchev–Trinajstić information content (AvgIpc) is 2.80. The molecule has 0 fully saturated rings. The summed E-state index contributed by atoms with van der Waals surface area (Å²) in [5.41, 5.74) is 1.86. The van der Waals surface area contributed by atoms with Crippen LogP contribution in [0.3, 0.4) is 0 Å². The van der Waals surface area contributed by atoms with E-state index in [1.54, 1.807) is 4.67 Å². The maximum absolute atomic E-state index is 12.8. The van der Waals surface area contributed by atoms with Crippen LogP contribution in [0.15, 0.2) is 48.5 Å². The molecule has 1 unspecified atom stereocenters. The molecule has 2 aromatic carbocycles. The summed E-state index contributed by atoms with van der Waals surface area (Å²) in [5.74, 6) is 1.04. The first-order valence-corrected chi connectivity index (χ1v) is 14.2. The molecule has 0 aliphatic carbocycles. The predicted molar refractivity (Wildman–Crippen MR) is 141 cm³/mol. The molecule has 0 aliphatic heterocycles. The van der Waals surface area contributed by atoms with Crippen molar-refractivity contribution < 1.29 is 18.6 Å². The lowest BCUT2D eigenvalue weighted by molar-refractivity contribution is 0.182. The van der Waals surface area contributed by atoms with Gasteiger partial charge in [-0.25, -0.2) is 19.5 Å². The number of nitrogens with zero attached hydrogens (tertiary/aromatic N) is 1. The molecule has 0 aliphatic rings. The van der Waals surface area contributed by atoms with Gasteiger partial charge >= 0.3 is 13.8 Å². The first-order chi connectivity index (χ1) is 16.2. The second-order valence-corrected chi connectivity index (χ2v) is 11.1. The molecule has 1 amide bonds. The number of nitrogens with one attached hydrogen (secondary N) is 3. The molecule has 0 saturated heterocycles.